The molecule has 1 saturated heterocycles. The molecule has 1 aliphatic heterocycles. The molecular weight excluding hydrogens is 272 g/mol. The molecule has 7 heteroatoms. The van der Waals surface area contributed by atoms with Gasteiger partial charge in [-0.1, -0.05) is 13.8 Å². The standard InChI is InChI=1S/C14H20N4O3/c1-8(2)14-4-10(14)5-18(6-14)13(20)17-16-12(19)11-9(3)21-7-15-11/h7-8,10H,4-6H2,1-3H3,(H,16,19)(H,17,20)/t10-,14+/m0/s1. The Hall–Kier alpha value is -2.05. The number of hydrogen-bond donors (Lipinski definition) is 2. The van der Waals surface area contributed by atoms with Gasteiger partial charge in [-0.25, -0.2) is 15.2 Å². The number of hydrogen-bond acceptors (Lipinski definition) is 4. The molecule has 2 fully saturated rings. The summed E-state index contributed by atoms with van der Waals surface area (Å²) in [6.45, 7) is 7.58. The number of hydrazine groups is 1. The number of rotatable bonds is 2. The van der Waals surface area contributed by atoms with Crippen LogP contribution >= 0.6 is 0 Å². The fourth-order valence-electron chi connectivity index (χ4n) is 3.34. The average Bonchev–Trinajstić information content (AvgIpc) is 2.82. The molecule has 7 nitrogen and oxygen atoms in total. The van der Waals surface area contributed by atoms with Crippen LogP contribution in [-0.4, -0.2) is 34.9 Å². The van der Waals surface area contributed by atoms with Gasteiger partial charge in [0.05, 0.1) is 0 Å². The Balaban J connectivity index is 1.52. The fourth-order valence-corrected chi connectivity index (χ4v) is 3.34. The van der Waals surface area contributed by atoms with Crippen molar-refractivity contribution in [2.75, 3.05) is 13.1 Å². The first-order chi connectivity index (χ1) is 9.94. The molecule has 1 aromatic heterocycles. The topological polar surface area (TPSA) is 87.5 Å². The van der Waals surface area contributed by atoms with Gasteiger partial charge in [0.25, 0.3) is 5.91 Å². The first-order valence-corrected chi connectivity index (χ1v) is 7.19. The van der Waals surface area contributed by atoms with Crippen molar-refractivity contribution in [3.05, 3.63) is 17.8 Å². The second-order valence-electron chi connectivity index (χ2n) is 6.31. The Morgan fingerprint density at radius 1 is 1.48 bits per heavy atom. The first kappa shape index (κ1) is 13.9. The number of amides is 3. The number of piperidine rings is 1. The van der Waals surface area contributed by atoms with E-state index in [1.54, 1.807) is 11.8 Å². The summed E-state index contributed by atoms with van der Waals surface area (Å²) in [6, 6.07) is -0.267. The lowest BCUT2D eigenvalue weighted by Crippen LogP contribution is -2.49. The number of carbonyl (C=O) groups excluding carboxylic acids is 2. The number of fused-ring (bicyclic) bond motifs is 1. The highest BCUT2D eigenvalue weighted by atomic mass is 16.3. The van der Waals surface area contributed by atoms with E-state index in [1.807, 2.05) is 0 Å². The Bertz CT molecular complexity index is 583. The maximum Gasteiger partial charge on any atom is 0.336 e. The molecule has 114 valence electrons. The molecule has 0 unspecified atom stereocenters. The molecule has 21 heavy (non-hydrogen) atoms. The van der Waals surface area contributed by atoms with Crippen molar-refractivity contribution in [1.29, 1.82) is 0 Å². The zero-order chi connectivity index (χ0) is 15.2. The van der Waals surface area contributed by atoms with Crippen LogP contribution in [0.1, 0.15) is 36.5 Å². The van der Waals surface area contributed by atoms with E-state index in [-0.39, 0.29) is 11.7 Å². The van der Waals surface area contributed by atoms with Crippen LogP contribution in [0.3, 0.4) is 0 Å². The second-order valence-corrected chi connectivity index (χ2v) is 6.31. The van der Waals surface area contributed by atoms with Gasteiger partial charge in [-0.05, 0) is 30.6 Å². The molecule has 0 radical (unpaired) electrons. The summed E-state index contributed by atoms with van der Waals surface area (Å²) in [7, 11) is 0. The predicted octanol–water partition coefficient (Wildman–Crippen LogP) is 1.32. The third-order valence-corrected chi connectivity index (χ3v) is 4.89. The smallest absolute Gasteiger partial charge is 0.336 e. The van der Waals surface area contributed by atoms with Crippen LogP contribution < -0.4 is 10.9 Å². The summed E-state index contributed by atoms with van der Waals surface area (Å²) < 4.78 is 4.96. The zero-order valence-electron chi connectivity index (χ0n) is 12.5. The zero-order valence-corrected chi connectivity index (χ0v) is 12.5. The molecule has 2 heterocycles. The minimum Gasteiger partial charge on any atom is -0.448 e. The molecule has 3 rings (SSSR count). The van der Waals surface area contributed by atoms with Gasteiger partial charge in [0.2, 0.25) is 0 Å². The lowest BCUT2D eigenvalue weighted by molar-refractivity contribution is 0.0924. The van der Waals surface area contributed by atoms with Crippen molar-refractivity contribution in [1.82, 2.24) is 20.7 Å². The maximum absolute atomic E-state index is 12.1. The van der Waals surface area contributed by atoms with Gasteiger partial charge in [-0.15, -0.1) is 0 Å². The van der Waals surface area contributed by atoms with Gasteiger partial charge in [0, 0.05) is 13.1 Å². The fraction of sp³-hybridized carbons (Fsp3) is 0.643. The molecule has 1 saturated carbocycles. The Morgan fingerprint density at radius 2 is 2.24 bits per heavy atom. The second kappa shape index (κ2) is 4.75. The van der Waals surface area contributed by atoms with Crippen LogP contribution in [0.2, 0.25) is 0 Å². The third-order valence-electron chi connectivity index (χ3n) is 4.89. The van der Waals surface area contributed by atoms with Crippen LogP contribution in [0.4, 0.5) is 4.79 Å². The average molecular weight is 292 g/mol. The quantitative estimate of drug-likeness (QED) is 0.805. The van der Waals surface area contributed by atoms with E-state index in [1.165, 1.54) is 12.8 Å². The van der Waals surface area contributed by atoms with Crippen LogP contribution in [-0.2, 0) is 0 Å². The predicted molar refractivity (Wildman–Crippen MR) is 74.2 cm³/mol. The molecule has 3 amide bonds. The SMILES string of the molecule is Cc1ocnc1C(=O)NNC(=O)N1C[C@@H]2C[C@]2(C(C)C)C1. The number of nitrogens with one attached hydrogen (secondary N) is 2. The Labute approximate surface area is 123 Å². The Morgan fingerprint density at radius 3 is 2.81 bits per heavy atom. The summed E-state index contributed by atoms with van der Waals surface area (Å²) in [5, 5.41) is 0. The molecule has 0 spiro atoms. The van der Waals surface area contributed by atoms with E-state index >= 15 is 0 Å². The van der Waals surface area contributed by atoms with Gasteiger partial charge in [-0.2, -0.15) is 0 Å². The number of likely N-dealkylation sites (tertiary alicyclic amines) is 1. The summed E-state index contributed by atoms with van der Waals surface area (Å²) in [5.74, 6) is 1.13. The molecule has 0 bridgehead atoms. The number of nitrogens with zero attached hydrogens (tertiary/aromatic N) is 2. The number of aromatic nitrogens is 1. The summed E-state index contributed by atoms with van der Waals surface area (Å²) in [6.07, 6.45) is 2.41. The van der Waals surface area contributed by atoms with Crippen LogP contribution in [0.15, 0.2) is 10.8 Å². The number of aryl methyl sites for hydroxylation is 1. The lowest BCUT2D eigenvalue weighted by atomic mass is 9.92. The molecule has 2 aliphatic rings. The van der Waals surface area contributed by atoms with E-state index in [9.17, 15) is 9.59 Å². The molecular formula is C14H20N4O3. The summed E-state index contributed by atoms with van der Waals surface area (Å²) in [5.41, 5.74) is 5.29. The van der Waals surface area contributed by atoms with Crippen molar-refractivity contribution in [2.45, 2.75) is 27.2 Å². The minimum absolute atomic E-state index is 0.179. The highest BCUT2D eigenvalue weighted by Crippen LogP contribution is 2.62. The van der Waals surface area contributed by atoms with Crippen LogP contribution in [0, 0.1) is 24.2 Å². The van der Waals surface area contributed by atoms with Gasteiger partial charge in [-0.3, -0.25) is 10.2 Å². The van der Waals surface area contributed by atoms with E-state index in [4.69, 9.17) is 4.42 Å². The number of oxazole rings is 1. The third kappa shape index (κ3) is 2.26. The van der Waals surface area contributed by atoms with Crippen LogP contribution in [0.5, 0.6) is 0 Å². The minimum atomic E-state index is -0.475. The van der Waals surface area contributed by atoms with Crippen molar-refractivity contribution in [2.24, 2.45) is 17.3 Å². The van der Waals surface area contributed by atoms with Crippen molar-refractivity contribution in [3.63, 3.8) is 0 Å². The molecule has 1 aliphatic carbocycles. The van der Waals surface area contributed by atoms with E-state index in [0.29, 0.717) is 23.0 Å². The normalized spacial score (nSPS) is 26.7. The van der Waals surface area contributed by atoms with E-state index < -0.39 is 5.91 Å². The van der Waals surface area contributed by atoms with E-state index in [2.05, 4.69) is 29.7 Å². The van der Waals surface area contributed by atoms with Crippen molar-refractivity contribution < 1.29 is 14.0 Å². The summed E-state index contributed by atoms with van der Waals surface area (Å²) in [4.78, 5) is 29.5. The lowest BCUT2D eigenvalue weighted by Gasteiger charge is -2.23. The van der Waals surface area contributed by atoms with Crippen molar-refractivity contribution in [3.8, 4) is 0 Å². The Kier molecular flexibility index (Phi) is 3.15. The molecule has 2 N–H and O–H groups in total. The molecule has 1 aromatic rings. The van der Waals surface area contributed by atoms with Gasteiger partial charge < -0.3 is 9.32 Å². The summed E-state index contributed by atoms with van der Waals surface area (Å²) >= 11 is 0. The first-order valence-electron chi connectivity index (χ1n) is 7.19. The van der Waals surface area contributed by atoms with Crippen molar-refractivity contribution >= 4 is 11.9 Å². The highest BCUT2D eigenvalue weighted by molar-refractivity contribution is 5.94. The monoisotopic (exact) mass is 292 g/mol. The number of carbonyl (C=O) groups is 2. The van der Waals surface area contributed by atoms with Gasteiger partial charge in [0.1, 0.15) is 5.76 Å². The molecule has 2 atom stereocenters. The largest absolute Gasteiger partial charge is 0.448 e. The maximum atomic E-state index is 12.1. The highest BCUT2D eigenvalue weighted by Gasteiger charge is 2.62. The van der Waals surface area contributed by atoms with Gasteiger partial charge >= 0.3 is 6.03 Å². The molecule has 0 aromatic carbocycles. The van der Waals surface area contributed by atoms with Gasteiger partial charge in [0.15, 0.2) is 12.1 Å². The van der Waals surface area contributed by atoms with E-state index in [0.717, 1.165) is 13.1 Å². The number of urea groups is 1. The van der Waals surface area contributed by atoms with Crippen LogP contribution in [0.25, 0.3) is 0 Å².